The van der Waals surface area contributed by atoms with Crippen LogP contribution in [0.25, 0.3) is 11.0 Å². The first-order chi connectivity index (χ1) is 13.2. The van der Waals surface area contributed by atoms with Gasteiger partial charge < -0.3 is 19.2 Å². The average molecular weight is 368 g/mol. The van der Waals surface area contributed by atoms with E-state index in [1.807, 2.05) is 43.4 Å². The van der Waals surface area contributed by atoms with Gasteiger partial charge in [0.1, 0.15) is 17.2 Å². The number of esters is 1. The van der Waals surface area contributed by atoms with E-state index in [1.54, 1.807) is 13.2 Å². The summed E-state index contributed by atoms with van der Waals surface area (Å²) in [5.74, 6) is 1.40. The number of anilines is 1. The molecule has 0 spiro atoms. The molecule has 0 saturated heterocycles. The Kier molecular flexibility index (Phi) is 6.30. The van der Waals surface area contributed by atoms with Gasteiger partial charge in [-0.3, -0.25) is 4.79 Å². The summed E-state index contributed by atoms with van der Waals surface area (Å²) in [4.78, 5) is 16.0. The number of benzene rings is 1. The molecule has 2 aromatic heterocycles. The van der Waals surface area contributed by atoms with Gasteiger partial charge in [-0.15, -0.1) is 0 Å². The Morgan fingerprint density at radius 1 is 1.22 bits per heavy atom. The lowest BCUT2D eigenvalue weighted by molar-refractivity contribution is -0.143. The van der Waals surface area contributed by atoms with Gasteiger partial charge in [0.15, 0.2) is 0 Å². The number of carbonyl (C=O) groups excluding carboxylic acids is 1. The fraction of sp³-hybridized carbons (Fsp3) is 0.333. The summed E-state index contributed by atoms with van der Waals surface area (Å²) < 4.78 is 16.4. The number of carbonyl (C=O) groups is 1. The van der Waals surface area contributed by atoms with E-state index in [1.165, 1.54) is 0 Å². The first-order valence-electron chi connectivity index (χ1n) is 9.12. The number of hydrogen-bond acceptors (Lipinski definition) is 6. The van der Waals surface area contributed by atoms with Crippen LogP contribution in [0.15, 0.2) is 47.1 Å². The number of aromatic nitrogens is 1. The molecule has 142 valence electrons. The molecule has 0 saturated carbocycles. The second kappa shape index (κ2) is 9.07. The molecule has 3 aromatic rings. The van der Waals surface area contributed by atoms with E-state index in [0.29, 0.717) is 26.1 Å². The Hall–Kier alpha value is -3.02. The third-order valence-corrected chi connectivity index (χ3v) is 4.22. The summed E-state index contributed by atoms with van der Waals surface area (Å²) >= 11 is 0. The van der Waals surface area contributed by atoms with Crippen molar-refractivity contribution in [2.75, 3.05) is 25.6 Å². The van der Waals surface area contributed by atoms with Crippen molar-refractivity contribution in [3.05, 3.63) is 53.9 Å². The first kappa shape index (κ1) is 18.8. The summed E-state index contributed by atoms with van der Waals surface area (Å²) in [6.07, 6.45) is 3.36. The van der Waals surface area contributed by atoms with Crippen LogP contribution in [0.2, 0.25) is 0 Å². The Bertz CT molecular complexity index is 904. The Morgan fingerprint density at radius 3 is 2.93 bits per heavy atom. The molecule has 0 aliphatic heterocycles. The maximum Gasteiger partial charge on any atom is 0.306 e. The number of pyridine rings is 1. The predicted molar refractivity (Wildman–Crippen MR) is 104 cm³/mol. The molecule has 6 nitrogen and oxygen atoms in total. The zero-order chi connectivity index (χ0) is 19.1. The van der Waals surface area contributed by atoms with Gasteiger partial charge in [-0.05, 0) is 43.2 Å². The maximum absolute atomic E-state index is 11.5. The molecule has 2 heterocycles. The molecule has 3 rings (SSSR count). The Morgan fingerprint density at radius 2 is 2.11 bits per heavy atom. The molecule has 6 heteroatoms. The van der Waals surface area contributed by atoms with Crippen molar-refractivity contribution >= 4 is 22.8 Å². The van der Waals surface area contributed by atoms with Crippen molar-refractivity contribution in [3.8, 4) is 5.75 Å². The van der Waals surface area contributed by atoms with E-state index in [-0.39, 0.29) is 5.97 Å². The molecule has 0 amide bonds. The van der Waals surface area contributed by atoms with Gasteiger partial charge in [0.05, 0.1) is 19.5 Å². The first-order valence-corrected chi connectivity index (χ1v) is 9.12. The molecular formula is C21H24N2O4. The van der Waals surface area contributed by atoms with Gasteiger partial charge in [-0.1, -0.05) is 6.07 Å². The number of ether oxygens (including phenoxy) is 2. The van der Waals surface area contributed by atoms with Crippen molar-refractivity contribution in [1.29, 1.82) is 0 Å². The Balaban J connectivity index is 1.57. The van der Waals surface area contributed by atoms with Crippen molar-refractivity contribution in [1.82, 2.24) is 4.98 Å². The summed E-state index contributed by atoms with van der Waals surface area (Å²) in [5.41, 5.74) is 2.72. The van der Waals surface area contributed by atoms with Gasteiger partial charge in [-0.25, -0.2) is 4.98 Å². The van der Waals surface area contributed by atoms with Crippen LogP contribution in [0.1, 0.15) is 24.6 Å². The summed E-state index contributed by atoms with van der Waals surface area (Å²) in [6.45, 7) is 2.74. The molecule has 0 unspecified atom stereocenters. The maximum atomic E-state index is 11.5. The SMILES string of the molecule is CCOC(=O)CCc1coc2cc(OCCc3cccc(NC)n3)ccc12. The standard InChI is InChI=1S/C21H24N2O4/c1-3-25-21(24)10-7-15-14-27-19-13-17(8-9-18(15)19)26-12-11-16-5-4-6-20(22-2)23-16/h4-6,8-9,13-14H,3,7,10-12H2,1-2H3,(H,22,23). The van der Waals surface area contributed by atoms with Crippen LogP contribution in [-0.4, -0.2) is 31.2 Å². The number of aryl methyl sites for hydroxylation is 1. The van der Waals surface area contributed by atoms with Gasteiger partial charge in [0.25, 0.3) is 0 Å². The fourth-order valence-electron chi connectivity index (χ4n) is 2.85. The molecule has 0 aliphatic carbocycles. The van der Waals surface area contributed by atoms with Crippen molar-refractivity contribution < 1.29 is 18.7 Å². The van der Waals surface area contributed by atoms with Gasteiger partial charge >= 0.3 is 5.97 Å². The number of rotatable bonds is 9. The van der Waals surface area contributed by atoms with Crippen LogP contribution in [0.5, 0.6) is 5.75 Å². The number of furan rings is 1. The van der Waals surface area contributed by atoms with Crippen LogP contribution >= 0.6 is 0 Å². The predicted octanol–water partition coefficient (Wildman–Crippen LogP) is 3.99. The highest BCUT2D eigenvalue weighted by molar-refractivity contribution is 5.83. The highest BCUT2D eigenvalue weighted by atomic mass is 16.5. The minimum atomic E-state index is -0.192. The van der Waals surface area contributed by atoms with Crippen LogP contribution in [0.3, 0.4) is 0 Å². The van der Waals surface area contributed by atoms with Crippen molar-refractivity contribution in [3.63, 3.8) is 0 Å². The third-order valence-electron chi connectivity index (χ3n) is 4.22. The van der Waals surface area contributed by atoms with Crippen molar-refractivity contribution in [2.24, 2.45) is 0 Å². The van der Waals surface area contributed by atoms with E-state index in [0.717, 1.165) is 40.2 Å². The van der Waals surface area contributed by atoms with Crippen LogP contribution in [0, 0.1) is 0 Å². The highest BCUT2D eigenvalue weighted by Crippen LogP contribution is 2.26. The largest absolute Gasteiger partial charge is 0.493 e. The van der Waals surface area contributed by atoms with E-state index in [2.05, 4.69) is 10.3 Å². The highest BCUT2D eigenvalue weighted by Gasteiger charge is 2.10. The van der Waals surface area contributed by atoms with Gasteiger partial charge in [0, 0.05) is 37.0 Å². The lowest BCUT2D eigenvalue weighted by atomic mass is 10.1. The summed E-state index contributed by atoms with van der Waals surface area (Å²) in [7, 11) is 1.85. The quantitative estimate of drug-likeness (QED) is 0.576. The molecule has 0 atom stereocenters. The smallest absolute Gasteiger partial charge is 0.306 e. The van der Waals surface area contributed by atoms with E-state index in [4.69, 9.17) is 13.9 Å². The molecule has 0 radical (unpaired) electrons. The van der Waals surface area contributed by atoms with E-state index >= 15 is 0 Å². The molecule has 0 bridgehead atoms. The van der Waals surface area contributed by atoms with Gasteiger partial charge in [0.2, 0.25) is 0 Å². The van der Waals surface area contributed by atoms with E-state index < -0.39 is 0 Å². The topological polar surface area (TPSA) is 73.6 Å². The molecule has 1 N–H and O–H groups in total. The van der Waals surface area contributed by atoms with Crippen molar-refractivity contribution in [2.45, 2.75) is 26.2 Å². The minimum Gasteiger partial charge on any atom is -0.493 e. The average Bonchev–Trinajstić information content (AvgIpc) is 3.09. The fourth-order valence-corrected chi connectivity index (χ4v) is 2.85. The zero-order valence-electron chi connectivity index (χ0n) is 15.7. The molecule has 27 heavy (non-hydrogen) atoms. The molecule has 0 fully saturated rings. The Labute approximate surface area is 158 Å². The molecule has 1 aromatic carbocycles. The second-order valence-electron chi connectivity index (χ2n) is 6.09. The van der Waals surface area contributed by atoms with E-state index in [9.17, 15) is 4.79 Å². The minimum absolute atomic E-state index is 0.192. The summed E-state index contributed by atoms with van der Waals surface area (Å²) in [6, 6.07) is 11.6. The normalized spacial score (nSPS) is 10.7. The number of fused-ring (bicyclic) bond motifs is 1. The lowest BCUT2D eigenvalue weighted by Gasteiger charge is -2.07. The van der Waals surface area contributed by atoms with Gasteiger partial charge in [-0.2, -0.15) is 0 Å². The van der Waals surface area contributed by atoms with Crippen LogP contribution in [0.4, 0.5) is 5.82 Å². The van der Waals surface area contributed by atoms with Crippen LogP contribution < -0.4 is 10.1 Å². The number of nitrogens with zero attached hydrogens (tertiary/aromatic N) is 1. The van der Waals surface area contributed by atoms with Crippen LogP contribution in [-0.2, 0) is 22.4 Å². The third kappa shape index (κ3) is 5.00. The molecule has 0 aliphatic rings. The molecular weight excluding hydrogens is 344 g/mol. The number of nitrogens with one attached hydrogen (secondary N) is 1. The second-order valence-corrected chi connectivity index (χ2v) is 6.09. The zero-order valence-corrected chi connectivity index (χ0v) is 15.7. The summed E-state index contributed by atoms with van der Waals surface area (Å²) in [5, 5.41) is 4.02. The number of hydrogen-bond donors (Lipinski definition) is 1. The lowest BCUT2D eigenvalue weighted by Crippen LogP contribution is -2.05. The monoisotopic (exact) mass is 368 g/mol.